The molecule has 1 aromatic heterocycles. The van der Waals surface area contributed by atoms with Crippen LogP contribution in [0.1, 0.15) is 27.6 Å². The highest BCUT2D eigenvalue weighted by Gasteiger charge is 2.07. The number of thiophene rings is 1. The number of hydrogen-bond acceptors (Lipinski definition) is 3. The highest BCUT2D eigenvalue weighted by atomic mass is 32.1. The van der Waals surface area contributed by atoms with Crippen molar-refractivity contribution >= 4 is 28.7 Å². The molecule has 4 heteroatoms. The number of Topliss-reactive ketones (excluding diaryl/α,β-unsaturated/α-hetero) is 1. The van der Waals surface area contributed by atoms with Gasteiger partial charge in [-0.3, -0.25) is 9.59 Å². The molecule has 17 heavy (non-hydrogen) atoms. The van der Waals surface area contributed by atoms with Crippen molar-refractivity contribution in [2.75, 3.05) is 5.32 Å². The molecule has 1 amide bonds. The molecule has 0 aliphatic heterocycles. The topological polar surface area (TPSA) is 46.2 Å². The number of benzene rings is 1. The van der Waals surface area contributed by atoms with E-state index in [9.17, 15) is 9.59 Å². The first kappa shape index (κ1) is 11.5. The summed E-state index contributed by atoms with van der Waals surface area (Å²) >= 11 is 1.47. The van der Waals surface area contributed by atoms with Crippen molar-refractivity contribution in [2.24, 2.45) is 0 Å². The maximum atomic E-state index is 11.8. The van der Waals surface area contributed by atoms with Crippen LogP contribution in [0.15, 0.2) is 41.1 Å². The lowest BCUT2D eigenvalue weighted by Crippen LogP contribution is -2.11. The van der Waals surface area contributed by atoms with Gasteiger partial charge in [0.2, 0.25) is 0 Å². The lowest BCUT2D eigenvalue weighted by molar-refractivity contribution is 0.101. The van der Waals surface area contributed by atoms with Crippen molar-refractivity contribution < 1.29 is 9.59 Å². The molecule has 0 unspecified atom stereocenters. The smallest absolute Gasteiger partial charge is 0.256 e. The van der Waals surface area contributed by atoms with E-state index in [1.807, 2.05) is 5.38 Å². The zero-order valence-corrected chi connectivity index (χ0v) is 10.1. The summed E-state index contributed by atoms with van der Waals surface area (Å²) in [5.74, 6) is -0.177. The third-order valence-corrected chi connectivity index (χ3v) is 2.99. The van der Waals surface area contributed by atoms with Crippen molar-refractivity contribution in [1.82, 2.24) is 0 Å². The van der Waals surface area contributed by atoms with Gasteiger partial charge in [-0.2, -0.15) is 11.3 Å². The summed E-state index contributed by atoms with van der Waals surface area (Å²) in [6.45, 7) is 1.50. The summed E-state index contributed by atoms with van der Waals surface area (Å²) in [6.07, 6.45) is 0. The Morgan fingerprint density at radius 2 is 2.00 bits per heavy atom. The molecule has 0 aliphatic carbocycles. The predicted octanol–water partition coefficient (Wildman–Crippen LogP) is 3.20. The summed E-state index contributed by atoms with van der Waals surface area (Å²) < 4.78 is 0. The SMILES string of the molecule is CC(=O)c1cccc(NC(=O)c2ccsc2)c1. The van der Waals surface area contributed by atoms with Crippen molar-refractivity contribution in [2.45, 2.75) is 6.92 Å². The van der Waals surface area contributed by atoms with Gasteiger partial charge < -0.3 is 5.32 Å². The van der Waals surface area contributed by atoms with E-state index >= 15 is 0 Å². The second-order valence-corrected chi connectivity index (χ2v) is 4.38. The van der Waals surface area contributed by atoms with Crippen LogP contribution >= 0.6 is 11.3 Å². The summed E-state index contributed by atoms with van der Waals surface area (Å²) in [6, 6.07) is 8.67. The highest BCUT2D eigenvalue weighted by molar-refractivity contribution is 7.08. The molecule has 1 heterocycles. The standard InChI is InChI=1S/C13H11NO2S/c1-9(15)10-3-2-4-12(7-10)14-13(16)11-5-6-17-8-11/h2-8H,1H3,(H,14,16). The average Bonchev–Trinajstić information content (AvgIpc) is 2.82. The van der Waals surface area contributed by atoms with Gasteiger partial charge >= 0.3 is 0 Å². The van der Waals surface area contributed by atoms with Crippen LogP contribution in [0.5, 0.6) is 0 Å². The molecule has 0 atom stereocenters. The largest absolute Gasteiger partial charge is 0.322 e. The molecule has 0 fully saturated rings. The third-order valence-electron chi connectivity index (χ3n) is 2.31. The molecule has 86 valence electrons. The molecular formula is C13H11NO2S. The summed E-state index contributed by atoms with van der Waals surface area (Å²) in [4.78, 5) is 23.0. The van der Waals surface area contributed by atoms with Gasteiger partial charge in [0, 0.05) is 16.6 Å². The fraction of sp³-hybridized carbons (Fsp3) is 0.0769. The van der Waals surface area contributed by atoms with E-state index in [1.54, 1.807) is 35.7 Å². The predicted molar refractivity (Wildman–Crippen MR) is 68.7 cm³/mol. The molecule has 0 bridgehead atoms. The zero-order chi connectivity index (χ0) is 12.3. The van der Waals surface area contributed by atoms with E-state index in [-0.39, 0.29) is 11.7 Å². The number of rotatable bonds is 3. The maximum Gasteiger partial charge on any atom is 0.256 e. The second-order valence-electron chi connectivity index (χ2n) is 3.60. The minimum Gasteiger partial charge on any atom is -0.322 e. The van der Waals surface area contributed by atoms with Crippen LogP contribution in [0.2, 0.25) is 0 Å². The molecule has 0 radical (unpaired) electrons. The van der Waals surface area contributed by atoms with Gasteiger partial charge in [-0.25, -0.2) is 0 Å². The zero-order valence-electron chi connectivity index (χ0n) is 9.27. The first-order valence-corrected chi connectivity index (χ1v) is 6.05. The van der Waals surface area contributed by atoms with Crippen molar-refractivity contribution in [3.63, 3.8) is 0 Å². The monoisotopic (exact) mass is 245 g/mol. The second kappa shape index (κ2) is 4.93. The fourth-order valence-corrected chi connectivity index (χ4v) is 2.05. The van der Waals surface area contributed by atoms with E-state index in [1.165, 1.54) is 18.3 Å². The van der Waals surface area contributed by atoms with Crippen molar-refractivity contribution in [1.29, 1.82) is 0 Å². The van der Waals surface area contributed by atoms with Gasteiger partial charge in [-0.05, 0) is 30.5 Å². The normalized spacial score (nSPS) is 9.94. The van der Waals surface area contributed by atoms with Crippen LogP contribution in [-0.2, 0) is 0 Å². The molecule has 2 rings (SSSR count). The van der Waals surface area contributed by atoms with E-state index in [0.29, 0.717) is 16.8 Å². The first-order valence-electron chi connectivity index (χ1n) is 5.11. The Kier molecular flexibility index (Phi) is 3.35. The van der Waals surface area contributed by atoms with E-state index < -0.39 is 0 Å². The van der Waals surface area contributed by atoms with Crippen LogP contribution in [0.3, 0.4) is 0 Å². The van der Waals surface area contributed by atoms with Gasteiger partial charge in [0.15, 0.2) is 5.78 Å². The molecule has 0 saturated heterocycles. The summed E-state index contributed by atoms with van der Waals surface area (Å²) in [7, 11) is 0. The van der Waals surface area contributed by atoms with Crippen LogP contribution in [-0.4, -0.2) is 11.7 Å². The highest BCUT2D eigenvalue weighted by Crippen LogP contribution is 2.14. The first-order chi connectivity index (χ1) is 8.16. The molecular weight excluding hydrogens is 234 g/mol. The van der Waals surface area contributed by atoms with Gasteiger partial charge in [0.05, 0.1) is 5.56 Å². The summed E-state index contributed by atoms with van der Waals surface area (Å²) in [5, 5.41) is 6.39. The number of nitrogens with one attached hydrogen (secondary N) is 1. The van der Waals surface area contributed by atoms with Crippen LogP contribution in [0.25, 0.3) is 0 Å². The Morgan fingerprint density at radius 1 is 1.18 bits per heavy atom. The lowest BCUT2D eigenvalue weighted by atomic mass is 10.1. The molecule has 0 spiro atoms. The quantitative estimate of drug-likeness (QED) is 0.844. The van der Waals surface area contributed by atoms with Crippen LogP contribution in [0.4, 0.5) is 5.69 Å². The number of amides is 1. The Labute approximate surface area is 103 Å². The number of ketones is 1. The molecule has 1 aromatic carbocycles. The molecule has 1 N–H and O–H groups in total. The van der Waals surface area contributed by atoms with Gasteiger partial charge in [0.1, 0.15) is 0 Å². The van der Waals surface area contributed by atoms with Gasteiger partial charge in [0.25, 0.3) is 5.91 Å². The number of anilines is 1. The van der Waals surface area contributed by atoms with E-state index in [2.05, 4.69) is 5.32 Å². The molecule has 0 aliphatic rings. The fourth-order valence-electron chi connectivity index (χ4n) is 1.41. The van der Waals surface area contributed by atoms with E-state index in [0.717, 1.165) is 0 Å². The Hall–Kier alpha value is -1.94. The van der Waals surface area contributed by atoms with Crippen LogP contribution in [0, 0.1) is 0 Å². The Balaban J connectivity index is 2.16. The van der Waals surface area contributed by atoms with Gasteiger partial charge in [-0.15, -0.1) is 0 Å². The Morgan fingerprint density at radius 3 is 2.65 bits per heavy atom. The third kappa shape index (κ3) is 2.79. The summed E-state index contributed by atoms with van der Waals surface area (Å²) in [5.41, 5.74) is 1.85. The van der Waals surface area contributed by atoms with E-state index in [4.69, 9.17) is 0 Å². The minimum atomic E-state index is -0.160. The molecule has 0 saturated carbocycles. The number of carbonyl (C=O) groups excluding carboxylic acids is 2. The maximum absolute atomic E-state index is 11.8. The molecule has 3 nitrogen and oxygen atoms in total. The lowest BCUT2D eigenvalue weighted by Gasteiger charge is -2.04. The average molecular weight is 245 g/mol. The molecule has 2 aromatic rings. The number of hydrogen-bond donors (Lipinski definition) is 1. The minimum absolute atomic E-state index is 0.0170. The van der Waals surface area contributed by atoms with Gasteiger partial charge in [-0.1, -0.05) is 12.1 Å². The number of carbonyl (C=O) groups is 2. The Bertz CT molecular complexity index is 546. The van der Waals surface area contributed by atoms with Crippen molar-refractivity contribution in [3.8, 4) is 0 Å². The van der Waals surface area contributed by atoms with Crippen molar-refractivity contribution in [3.05, 3.63) is 52.2 Å². The van der Waals surface area contributed by atoms with Crippen LogP contribution < -0.4 is 5.32 Å².